The summed E-state index contributed by atoms with van der Waals surface area (Å²) in [4.78, 5) is 15.9. The number of tetrazole rings is 1. The summed E-state index contributed by atoms with van der Waals surface area (Å²) >= 11 is 2.82. The van der Waals surface area contributed by atoms with E-state index in [0.29, 0.717) is 18.1 Å². The minimum absolute atomic E-state index is 0.0229. The van der Waals surface area contributed by atoms with Gasteiger partial charge in [-0.15, -0.1) is 16.4 Å². The Morgan fingerprint density at radius 1 is 1.32 bits per heavy atom. The number of carbonyl (C=O) groups excluding carboxylic acids is 1. The van der Waals surface area contributed by atoms with Crippen molar-refractivity contribution in [2.24, 2.45) is 0 Å². The summed E-state index contributed by atoms with van der Waals surface area (Å²) in [6.07, 6.45) is 0.477. The molecular weight excluding hydrogens is 454 g/mol. The number of aromatic nitrogens is 4. The minimum Gasteiger partial charge on any atom is -0.333 e. The molecule has 1 aliphatic heterocycles. The van der Waals surface area contributed by atoms with Crippen molar-refractivity contribution in [1.82, 2.24) is 25.1 Å². The van der Waals surface area contributed by atoms with Crippen LogP contribution < -0.4 is 0 Å². The molecule has 2 aromatic heterocycles. The summed E-state index contributed by atoms with van der Waals surface area (Å²) < 4.78 is 25.6. The van der Waals surface area contributed by atoms with Gasteiger partial charge in [0.2, 0.25) is 11.1 Å². The van der Waals surface area contributed by atoms with Crippen LogP contribution in [0.1, 0.15) is 22.4 Å². The zero-order valence-electron chi connectivity index (χ0n) is 17.3. The number of hydrogen-bond acceptors (Lipinski definition) is 8. The Morgan fingerprint density at radius 3 is 2.84 bits per heavy atom. The van der Waals surface area contributed by atoms with Crippen molar-refractivity contribution in [3.63, 3.8) is 0 Å². The molecule has 31 heavy (non-hydrogen) atoms. The number of carbonyl (C=O) groups is 1. The summed E-state index contributed by atoms with van der Waals surface area (Å²) in [5, 5.41) is 14.4. The predicted octanol–water partition coefficient (Wildman–Crippen LogP) is 2.65. The number of hydrogen-bond donors (Lipinski definition) is 0. The molecule has 3 heterocycles. The number of sulfone groups is 1. The summed E-state index contributed by atoms with van der Waals surface area (Å²) in [5.74, 6) is 0.169. The fourth-order valence-electron chi connectivity index (χ4n) is 3.68. The van der Waals surface area contributed by atoms with E-state index in [0.717, 1.165) is 21.7 Å². The van der Waals surface area contributed by atoms with Gasteiger partial charge in [-0.05, 0) is 53.8 Å². The molecule has 3 aromatic rings. The zero-order chi connectivity index (χ0) is 22.0. The Kier molecular flexibility index (Phi) is 6.44. The first kappa shape index (κ1) is 22.0. The average molecular weight is 478 g/mol. The van der Waals surface area contributed by atoms with Crippen LogP contribution in [0.2, 0.25) is 0 Å². The van der Waals surface area contributed by atoms with Gasteiger partial charge >= 0.3 is 0 Å². The van der Waals surface area contributed by atoms with Crippen molar-refractivity contribution >= 4 is 38.8 Å². The molecule has 11 heteroatoms. The summed E-state index contributed by atoms with van der Waals surface area (Å²) in [7, 11) is -3.10. The van der Waals surface area contributed by atoms with Crippen LogP contribution in [0.5, 0.6) is 0 Å². The quantitative estimate of drug-likeness (QED) is 0.483. The van der Waals surface area contributed by atoms with Crippen molar-refractivity contribution in [3.05, 3.63) is 51.7 Å². The number of rotatable bonds is 7. The number of thioether (sulfide) groups is 1. The lowest BCUT2D eigenvalue weighted by molar-refractivity contribution is -0.130. The lowest BCUT2D eigenvalue weighted by atomic mass is 10.1. The monoisotopic (exact) mass is 477 g/mol. The van der Waals surface area contributed by atoms with Gasteiger partial charge in [-0.1, -0.05) is 35.5 Å². The molecule has 4 rings (SSSR count). The molecule has 1 aromatic carbocycles. The van der Waals surface area contributed by atoms with Gasteiger partial charge in [-0.2, -0.15) is 4.68 Å². The molecule has 0 bridgehead atoms. The molecule has 164 valence electrons. The van der Waals surface area contributed by atoms with Gasteiger partial charge < -0.3 is 4.90 Å². The third kappa shape index (κ3) is 5.16. The van der Waals surface area contributed by atoms with Crippen LogP contribution in [-0.4, -0.2) is 62.7 Å². The van der Waals surface area contributed by atoms with Crippen LogP contribution in [0.15, 0.2) is 40.9 Å². The van der Waals surface area contributed by atoms with Crippen LogP contribution >= 0.6 is 23.1 Å². The standard InChI is InChI=1S/C20H23N5O3S3/c1-14-5-6-18(15(2)10-14)25-20(21-22-23-25)30-12-19(26)24(11-17-4-3-8-29-17)16-7-9-31(27,28)13-16/h3-6,8,10,16H,7,9,11-13H2,1-2H3/t16-/m0/s1. The third-order valence-corrected chi connectivity index (χ3v) is 8.74. The SMILES string of the molecule is Cc1ccc(-n2nnnc2SCC(=O)N(Cc2cccs2)[C@H]2CCS(=O)(=O)C2)c(C)c1. The Balaban J connectivity index is 1.50. The molecule has 1 amide bonds. The maximum atomic E-state index is 13.2. The first-order chi connectivity index (χ1) is 14.8. The maximum absolute atomic E-state index is 13.2. The first-order valence-corrected chi connectivity index (χ1v) is 13.5. The van der Waals surface area contributed by atoms with Crippen molar-refractivity contribution in [2.75, 3.05) is 17.3 Å². The van der Waals surface area contributed by atoms with Gasteiger partial charge in [0.05, 0.1) is 29.5 Å². The minimum atomic E-state index is -3.10. The van der Waals surface area contributed by atoms with Crippen molar-refractivity contribution in [3.8, 4) is 5.69 Å². The fourth-order valence-corrected chi connectivity index (χ4v) is 6.89. The highest BCUT2D eigenvalue weighted by molar-refractivity contribution is 7.99. The second kappa shape index (κ2) is 9.09. The van der Waals surface area contributed by atoms with E-state index in [1.165, 1.54) is 11.8 Å². The molecule has 1 saturated heterocycles. The second-order valence-corrected chi connectivity index (χ2v) is 11.8. The van der Waals surface area contributed by atoms with Gasteiger partial charge in [0.1, 0.15) is 0 Å². The molecule has 0 saturated carbocycles. The summed E-state index contributed by atoms with van der Waals surface area (Å²) in [5.41, 5.74) is 3.05. The summed E-state index contributed by atoms with van der Waals surface area (Å²) in [6.45, 7) is 4.43. The second-order valence-electron chi connectivity index (χ2n) is 7.61. The molecule has 0 N–H and O–H groups in total. The number of benzene rings is 1. The normalized spacial score (nSPS) is 17.7. The Morgan fingerprint density at radius 2 is 2.16 bits per heavy atom. The number of aryl methyl sites for hydroxylation is 2. The van der Waals surface area contributed by atoms with E-state index in [4.69, 9.17) is 0 Å². The molecular formula is C20H23N5O3S3. The highest BCUT2D eigenvalue weighted by atomic mass is 32.2. The molecule has 1 aliphatic rings. The van der Waals surface area contributed by atoms with Gasteiger partial charge in [-0.25, -0.2) is 8.42 Å². The zero-order valence-corrected chi connectivity index (χ0v) is 19.7. The summed E-state index contributed by atoms with van der Waals surface area (Å²) in [6, 6.07) is 9.60. The maximum Gasteiger partial charge on any atom is 0.233 e. The van der Waals surface area contributed by atoms with E-state index in [9.17, 15) is 13.2 Å². The van der Waals surface area contributed by atoms with Crippen LogP contribution in [0.3, 0.4) is 0 Å². The van der Waals surface area contributed by atoms with Crippen molar-refractivity contribution in [2.45, 2.75) is 38.0 Å². The van der Waals surface area contributed by atoms with Crippen molar-refractivity contribution in [1.29, 1.82) is 0 Å². The first-order valence-electron chi connectivity index (χ1n) is 9.83. The van der Waals surface area contributed by atoms with Crippen LogP contribution in [-0.2, 0) is 21.2 Å². The third-order valence-electron chi connectivity index (χ3n) is 5.22. The number of nitrogens with zero attached hydrogens (tertiary/aromatic N) is 5. The van der Waals surface area contributed by atoms with Crippen LogP contribution in [0.4, 0.5) is 0 Å². The number of thiophene rings is 1. The topological polar surface area (TPSA) is 98.1 Å². The molecule has 0 aliphatic carbocycles. The van der Waals surface area contributed by atoms with Crippen LogP contribution in [0.25, 0.3) is 5.69 Å². The van der Waals surface area contributed by atoms with E-state index in [1.54, 1.807) is 20.9 Å². The van der Waals surface area contributed by atoms with Crippen LogP contribution in [0, 0.1) is 13.8 Å². The molecule has 8 nitrogen and oxygen atoms in total. The molecule has 1 atom stereocenters. The Hall–Kier alpha value is -2.24. The smallest absolute Gasteiger partial charge is 0.233 e. The molecule has 0 spiro atoms. The lowest BCUT2D eigenvalue weighted by Crippen LogP contribution is -2.41. The van der Waals surface area contributed by atoms with E-state index in [1.807, 2.05) is 43.5 Å². The van der Waals surface area contributed by atoms with E-state index in [-0.39, 0.29) is 29.2 Å². The highest BCUT2D eigenvalue weighted by Gasteiger charge is 2.35. The average Bonchev–Trinajstić information content (AvgIpc) is 3.45. The Bertz CT molecular complexity index is 1170. The fraction of sp³-hybridized carbons (Fsp3) is 0.400. The predicted molar refractivity (Wildman–Crippen MR) is 121 cm³/mol. The highest BCUT2D eigenvalue weighted by Crippen LogP contribution is 2.25. The largest absolute Gasteiger partial charge is 0.333 e. The van der Waals surface area contributed by atoms with E-state index in [2.05, 4.69) is 21.6 Å². The molecule has 1 fully saturated rings. The van der Waals surface area contributed by atoms with E-state index >= 15 is 0 Å². The molecule has 0 unspecified atom stereocenters. The number of amides is 1. The van der Waals surface area contributed by atoms with Gasteiger partial charge in [0, 0.05) is 10.9 Å². The van der Waals surface area contributed by atoms with Gasteiger partial charge in [0.15, 0.2) is 9.84 Å². The van der Waals surface area contributed by atoms with Gasteiger partial charge in [-0.3, -0.25) is 4.79 Å². The lowest BCUT2D eigenvalue weighted by Gasteiger charge is -2.27. The molecule has 0 radical (unpaired) electrons. The van der Waals surface area contributed by atoms with Gasteiger partial charge in [0.25, 0.3) is 0 Å². The Labute approximate surface area is 189 Å². The van der Waals surface area contributed by atoms with E-state index < -0.39 is 9.84 Å². The van der Waals surface area contributed by atoms with Crippen molar-refractivity contribution < 1.29 is 13.2 Å².